The van der Waals surface area contributed by atoms with Gasteiger partial charge in [-0.05, 0) is 30.3 Å². The van der Waals surface area contributed by atoms with Crippen LogP contribution < -0.4 is 20.1 Å². The number of methoxy groups -OCH3 is 2. The third kappa shape index (κ3) is 5.61. The fraction of sp³-hybridized carbons (Fsp3) is 0.350. The molecule has 0 saturated carbocycles. The molecular formula is C20H27N3O5S. The summed E-state index contributed by atoms with van der Waals surface area (Å²) in [7, 11) is -0.504. The molecule has 0 unspecified atom stereocenters. The van der Waals surface area contributed by atoms with E-state index in [1.54, 1.807) is 50.2 Å². The van der Waals surface area contributed by atoms with Gasteiger partial charge in [-0.1, -0.05) is 19.9 Å². The van der Waals surface area contributed by atoms with Crippen LogP contribution in [-0.2, 0) is 14.8 Å². The number of hydrogen-bond donors (Lipinski definition) is 2. The summed E-state index contributed by atoms with van der Waals surface area (Å²) in [4.78, 5) is 12.4. The Balaban J connectivity index is 2.04. The van der Waals surface area contributed by atoms with Crippen LogP contribution in [0.3, 0.4) is 0 Å². The maximum Gasteiger partial charge on any atom is 0.243 e. The first-order valence-electron chi connectivity index (χ1n) is 9.21. The lowest BCUT2D eigenvalue weighted by Crippen LogP contribution is -2.30. The monoisotopic (exact) mass is 421 g/mol. The lowest BCUT2D eigenvalue weighted by molar-refractivity contribution is -0.114. The van der Waals surface area contributed by atoms with Gasteiger partial charge >= 0.3 is 0 Å². The summed E-state index contributed by atoms with van der Waals surface area (Å²) in [5.41, 5.74) is 1.10. The van der Waals surface area contributed by atoms with E-state index in [1.165, 1.54) is 24.6 Å². The number of carbonyl (C=O) groups excluding carboxylic acids is 1. The van der Waals surface area contributed by atoms with Crippen LogP contribution in [0, 0.1) is 0 Å². The fourth-order valence-electron chi connectivity index (χ4n) is 2.78. The number of sulfonamides is 1. The van der Waals surface area contributed by atoms with Crippen LogP contribution in [0.4, 0.5) is 11.4 Å². The first-order chi connectivity index (χ1) is 13.8. The minimum atomic E-state index is -3.56. The van der Waals surface area contributed by atoms with Gasteiger partial charge in [0.25, 0.3) is 0 Å². The van der Waals surface area contributed by atoms with Crippen LogP contribution in [0.2, 0.25) is 0 Å². The summed E-state index contributed by atoms with van der Waals surface area (Å²) in [6.45, 7) is 4.35. The smallest absolute Gasteiger partial charge is 0.243 e. The molecule has 0 bridgehead atoms. The summed E-state index contributed by atoms with van der Waals surface area (Å²) in [5.74, 6) is 0.789. The van der Waals surface area contributed by atoms with E-state index in [9.17, 15) is 13.2 Å². The lowest BCUT2D eigenvalue weighted by Gasteiger charge is -2.19. The van der Waals surface area contributed by atoms with Crippen molar-refractivity contribution in [3.05, 3.63) is 42.5 Å². The number of amides is 1. The second kappa shape index (κ2) is 10.1. The molecular weight excluding hydrogens is 394 g/mol. The Morgan fingerprint density at radius 2 is 1.66 bits per heavy atom. The largest absolute Gasteiger partial charge is 0.493 e. The number of ether oxygens (including phenoxy) is 2. The average Bonchev–Trinajstić information content (AvgIpc) is 2.73. The van der Waals surface area contributed by atoms with Crippen molar-refractivity contribution in [3.8, 4) is 11.5 Å². The van der Waals surface area contributed by atoms with Gasteiger partial charge in [-0.25, -0.2) is 8.42 Å². The summed E-state index contributed by atoms with van der Waals surface area (Å²) < 4.78 is 37.0. The predicted octanol–water partition coefficient (Wildman–Crippen LogP) is 2.78. The maximum atomic E-state index is 12.6. The van der Waals surface area contributed by atoms with Crippen molar-refractivity contribution >= 4 is 27.3 Å². The van der Waals surface area contributed by atoms with E-state index in [-0.39, 0.29) is 17.3 Å². The average molecular weight is 422 g/mol. The Morgan fingerprint density at radius 3 is 2.28 bits per heavy atom. The number of anilines is 2. The van der Waals surface area contributed by atoms with Gasteiger partial charge in [0.1, 0.15) is 0 Å². The fourth-order valence-corrected chi connectivity index (χ4v) is 4.29. The topological polar surface area (TPSA) is 97.0 Å². The van der Waals surface area contributed by atoms with Gasteiger partial charge in [0.2, 0.25) is 15.9 Å². The minimum absolute atomic E-state index is 0.0247. The highest BCUT2D eigenvalue weighted by atomic mass is 32.2. The Morgan fingerprint density at radius 1 is 0.966 bits per heavy atom. The molecule has 0 saturated heterocycles. The molecule has 0 atom stereocenters. The highest BCUT2D eigenvalue weighted by molar-refractivity contribution is 7.89. The van der Waals surface area contributed by atoms with E-state index >= 15 is 0 Å². The van der Waals surface area contributed by atoms with Crippen molar-refractivity contribution in [3.63, 3.8) is 0 Å². The molecule has 0 radical (unpaired) electrons. The number of carbonyl (C=O) groups is 1. The maximum absolute atomic E-state index is 12.6. The van der Waals surface area contributed by atoms with E-state index in [4.69, 9.17) is 9.47 Å². The summed E-state index contributed by atoms with van der Waals surface area (Å²) in [6, 6.07) is 11.5. The van der Waals surface area contributed by atoms with Gasteiger partial charge in [0.05, 0.1) is 25.7 Å². The molecule has 8 nitrogen and oxygen atoms in total. The van der Waals surface area contributed by atoms with Crippen molar-refractivity contribution in [2.45, 2.75) is 18.7 Å². The molecule has 2 rings (SSSR count). The molecule has 29 heavy (non-hydrogen) atoms. The highest BCUT2D eigenvalue weighted by Gasteiger charge is 2.21. The van der Waals surface area contributed by atoms with Crippen molar-refractivity contribution in [1.82, 2.24) is 4.31 Å². The predicted molar refractivity (Wildman–Crippen MR) is 113 cm³/mol. The minimum Gasteiger partial charge on any atom is -0.493 e. The van der Waals surface area contributed by atoms with Crippen LogP contribution in [0.25, 0.3) is 0 Å². The van der Waals surface area contributed by atoms with Gasteiger partial charge in [0.15, 0.2) is 11.5 Å². The second-order valence-electron chi connectivity index (χ2n) is 6.09. The lowest BCUT2D eigenvalue weighted by atomic mass is 10.2. The standard InChI is InChI=1S/C20H27N3O5S/c1-5-23(6-2)29(25,26)17-9-7-8-15(12-17)21-14-20(24)22-16-10-11-18(27-3)19(13-16)28-4/h7-13,21H,5-6,14H2,1-4H3,(H,22,24). The van der Waals surface area contributed by atoms with Gasteiger partial charge in [-0.3, -0.25) is 4.79 Å². The quantitative estimate of drug-likeness (QED) is 0.612. The first-order valence-corrected chi connectivity index (χ1v) is 10.7. The van der Waals surface area contributed by atoms with Gasteiger partial charge in [-0.15, -0.1) is 0 Å². The van der Waals surface area contributed by atoms with E-state index in [1.807, 2.05) is 0 Å². The number of rotatable bonds is 10. The molecule has 0 aliphatic carbocycles. The Kier molecular flexibility index (Phi) is 7.86. The third-order valence-electron chi connectivity index (χ3n) is 4.30. The zero-order valence-electron chi connectivity index (χ0n) is 17.1. The van der Waals surface area contributed by atoms with E-state index in [2.05, 4.69) is 10.6 Å². The Bertz CT molecular complexity index is 943. The Labute approximate surface area is 171 Å². The third-order valence-corrected chi connectivity index (χ3v) is 6.34. The SMILES string of the molecule is CCN(CC)S(=O)(=O)c1cccc(NCC(=O)Nc2ccc(OC)c(OC)c2)c1. The zero-order chi connectivity index (χ0) is 21.4. The zero-order valence-corrected chi connectivity index (χ0v) is 17.9. The second-order valence-corrected chi connectivity index (χ2v) is 8.03. The van der Waals surface area contributed by atoms with Crippen LogP contribution in [0.5, 0.6) is 11.5 Å². The van der Waals surface area contributed by atoms with Gasteiger partial charge in [-0.2, -0.15) is 4.31 Å². The molecule has 0 fully saturated rings. The molecule has 0 aromatic heterocycles. The molecule has 2 N–H and O–H groups in total. The highest BCUT2D eigenvalue weighted by Crippen LogP contribution is 2.29. The summed E-state index contributed by atoms with van der Waals surface area (Å²) in [5, 5.41) is 5.71. The van der Waals surface area contributed by atoms with E-state index in [0.29, 0.717) is 36.0 Å². The van der Waals surface area contributed by atoms with Crippen molar-refractivity contribution in [2.24, 2.45) is 0 Å². The number of nitrogens with one attached hydrogen (secondary N) is 2. The molecule has 9 heteroatoms. The molecule has 0 spiro atoms. The van der Waals surface area contributed by atoms with E-state index in [0.717, 1.165) is 0 Å². The van der Waals surface area contributed by atoms with Crippen LogP contribution in [0.1, 0.15) is 13.8 Å². The van der Waals surface area contributed by atoms with Crippen molar-refractivity contribution in [1.29, 1.82) is 0 Å². The van der Waals surface area contributed by atoms with Gasteiger partial charge in [0, 0.05) is 30.5 Å². The summed E-state index contributed by atoms with van der Waals surface area (Å²) >= 11 is 0. The van der Waals surface area contributed by atoms with Gasteiger partial charge < -0.3 is 20.1 Å². The molecule has 0 aliphatic heterocycles. The molecule has 2 aromatic carbocycles. The number of hydrogen-bond acceptors (Lipinski definition) is 6. The normalized spacial score (nSPS) is 11.2. The summed E-state index contributed by atoms with van der Waals surface area (Å²) in [6.07, 6.45) is 0. The molecule has 0 heterocycles. The molecule has 2 aromatic rings. The molecule has 158 valence electrons. The molecule has 1 amide bonds. The first kappa shape index (κ1) is 22.5. The Hall–Kier alpha value is -2.78. The van der Waals surface area contributed by atoms with Crippen molar-refractivity contribution < 1.29 is 22.7 Å². The molecule has 0 aliphatic rings. The van der Waals surface area contributed by atoms with E-state index < -0.39 is 10.0 Å². The number of benzene rings is 2. The van der Waals surface area contributed by atoms with Crippen LogP contribution in [0.15, 0.2) is 47.4 Å². The van der Waals surface area contributed by atoms with Crippen LogP contribution in [-0.4, -0.2) is 52.5 Å². The van der Waals surface area contributed by atoms with Crippen LogP contribution >= 0.6 is 0 Å². The van der Waals surface area contributed by atoms with Crippen molar-refractivity contribution in [2.75, 3.05) is 44.5 Å². The number of nitrogens with zero attached hydrogens (tertiary/aromatic N) is 1.